The molecular weight excluding hydrogens is 335 g/mol. The molecule has 0 atom stereocenters. The summed E-state index contributed by atoms with van der Waals surface area (Å²) in [5.74, 6) is -0.0513. The van der Waals surface area contributed by atoms with E-state index in [1.807, 2.05) is 0 Å². The van der Waals surface area contributed by atoms with Crippen LogP contribution in [0.3, 0.4) is 0 Å². The normalized spacial score (nSPS) is 12.7. The van der Waals surface area contributed by atoms with Gasteiger partial charge in [-0.25, -0.2) is 4.39 Å². The first-order valence-corrected chi connectivity index (χ1v) is 10.2. The van der Waals surface area contributed by atoms with Crippen molar-refractivity contribution >= 4 is 35.8 Å². The molecule has 5 heteroatoms. The lowest BCUT2D eigenvalue weighted by Gasteiger charge is -2.36. The zero-order valence-electron chi connectivity index (χ0n) is 11.4. The maximum absolute atomic E-state index is 14.2. The summed E-state index contributed by atoms with van der Waals surface area (Å²) in [5.41, 5.74) is 0.452. The molecule has 1 aromatic rings. The Balaban J connectivity index is 3.14. The Bertz CT molecular complexity index is 443. The van der Waals surface area contributed by atoms with E-state index >= 15 is 0 Å². The monoisotopic (exact) mass is 352 g/mol. The summed E-state index contributed by atoms with van der Waals surface area (Å²) in [6.45, 7) is 10.6. The maximum atomic E-state index is 14.2. The number of hydrogen-bond acceptors (Lipinski definition) is 1. The first kappa shape index (κ1) is 16.0. The van der Waals surface area contributed by atoms with Crippen molar-refractivity contribution in [3.05, 3.63) is 28.5 Å². The Hall–Kier alpha value is -0.0631. The minimum atomic E-state index is -2.03. The van der Waals surface area contributed by atoms with Crippen molar-refractivity contribution in [1.82, 2.24) is 0 Å². The molecule has 0 saturated carbocycles. The lowest BCUT2D eigenvalue weighted by Crippen LogP contribution is -2.44. The molecule has 0 amide bonds. The molecule has 0 unspecified atom stereocenters. The van der Waals surface area contributed by atoms with Gasteiger partial charge in [0.1, 0.15) is 5.75 Å². The molecule has 18 heavy (non-hydrogen) atoms. The summed E-state index contributed by atoms with van der Waals surface area (Å²) in [5, 5.41) is 0.840. The molecule has 1 aromatic carbocycles. The second kappa shape index (κ2) is 5.51. The van der Waals surface area contributed by atoms with E-state index in [9.17, 15) is 4.39 Å². The van der Waals surface area contributed by atoms with Gasteiger partial charge in [0.25, 0.3) is 8.32 Å². The molecule has 0 heterocycles. The van der Waals surface area contributed by atoms with Crippen LogP contribution in [0.25, 0.3) is 0 Å². The van der Waals surface area contributed by atoms with Gasteiger partial charge < -0.3 is 4.43 Å². The molecule has 1 rings (SSSR count). The average Bonchev–Trinajstić information content (AvgIpc) is 2.21. The van der Waals surface area contributed by atoms with E-state index in [0.29, 0.717) is 21.7 Å². The van der Waals surface area contributed by atoms with E-state index in [1.165, 1.54) is 0 Å². The van der Waals surface area contributed by atoms with Crippen molar-refractivity contribution in [3.63, 3.8) is 0 Å². The van der Waals surface area contributed by atoms with Gasteiger partial charge in [0, 0.05) is 15.9 Å². The molecule has 0 N–H and O–H groups in total. The Morgan fingerprint density at radius 3 is 2.33 bits per heavy atom. The van der Waals surface area contributed by atoms with Crippen molar-refractivity contribution in [3.8, 4) is 5.75 Å². The third-order valence-corrected chi connectivity index (χ3v) is 8.71. The van der Waals surface area contributed by atoms with E-state index in [1.54, 1.807) is 12.1 Å². The van der Waals surface area contributed by atoms with Gasteiger partial charge in [-0.15, -0.1) is 0 Å². The second-order valence-electron chi connectivity index (χ2n) is 5.83. The Labute approximate surface area is 123 Å². The largest absolute Gasteiger partial charge is 0.542 e. The SMILES string of the molecule is CC(C)(C)[Si](C)(C)Oc1ccc(Cl)c(CBr)c1F. The number of halogens is 3. The standard InChI is InChI=1S/C13H19BrClFOSi/c1-13(2,3)18(4,5)17-11-7-6-10(15)9(8-14)12(11)16/h6-7H,8H2,1-5H3. The molecule has 0 spiro atoms. The van der Waals surface area contributed by atoms with Crippen LogP contribution in [0.4, 0.5) is 4.39 Å². The molecule has 0 aliphatic carbocycles. The van der Waals surface area contributed by atoms with Crippen LogP contribution in [0.15, 0.2) is 12.1 Å². The Kier molecular flexibility index (Phi) is 4.90. The fraction of sp³-hybridized carbons (Fsp3) is 0.538. The third-order valence-electron chi connectivity index (χ3n) is 3.46. The van der Waals surface area contributed by atoms with Gasteiger partial charge in [0.2, 0.25) is 0 Å². The molecule has 1 nitrogen and oxygen atoms in total. The van der Waals surface area contributed by atoms with Crippen molar-refractivity contribution in [2.24, 2.45) is 0 Å². The van der Waals surface area contributed by atoms with Gasteiger partial charge in [-0.2, -0.15) is 0 Å². The van der Waals surface area contributed by atoms with E-state index < -0.39 is 8.32 Å². The molecule has 0 bridgehead atoms. The number of benzene rings is 1. The minimum absolute atomic E-state index is 0.0354. The van der Waals surface area contributed by atoms with Crippen LogP contribution in [0.5, 0.6) is 5.75 Å². The minimum Gasteiger partial charge on any atom is -0.542 e. The third kappa shape index (κ3) is 3.28. The fourth-order valence-electron chi connectivity index (χ4n) is 1.21. The predicted octanol–water partition coefficient (Wildman–Crippen LogP) is 5.76. The molecule has 0 saturated heterocycles. The highest BCUT2D eigenvalue weighted by Gasteiger charge is 2.39. The molecular formula is C13H19BrClFOSi. The number of hydrogen-bond donors (Lipinski definition) is 0. The van der Waals surface area contributed by atoms with Gasteiger partial charge >= 0.3 is 0 Å². The van der Waals surface area contributed by atoms with Crippen molar-refractivity contribution in [2.45, 2.75) is 44.2 Å². The molecule has 0 radical (unpaired) electrons. The lowest BCUT2D eigenvalue weighted by molar-refractivity contribution is 0.455. The van der Waals surface area contributed by atoms with Gasteiger partial charge in [0.05, 0.1) is 0 Å². The van der Waals surface area contributed by atoms with E-state index in [0.717, 1.165) is 0 Å². The highest BCUT2D eigenvalue weighted by atomic mass is 79.9. The van der Waals surface area contributed by atoms with Crippen molar-refractivity contribution in [1.29, 1.82) is 0 Å². The van der Waals surface area contributed by atoms with Crippen LogP contribution in [-0.2, 0) is 5.33 Å². The summed E-state index contributed by atoms with van der Waals surface area (Å²) in [7, 11) is -2.03. The van der Waals surface area contributed by atoms with Gasteiger partial charge in [-0.05, 0) is 30.3 Å². The maximum Gasteiger partial charge on any atom is 0.250 e. The van der Waals surface area contributed by atoms with Crippen molar-refractivity contribution < 1.29 is 8.82 Å². The smallest absolute Gasteiger partial charge is 0.250 e. The van der Waals surface area contributed by atoms with E-state index in [-0.39, 0.29) is 10.9 Å². The quantitative estimate of drug-likeness (QED) is 0.496. The summed E-state index contributed by atoms with van der Waals surface area (Å²) < 4.78 is 20.2. The van der Waals surface area contributed by atoms with Crippen LogP contribution in [0.1, 0.15) is 26.3 Å². The lowest BCUT2D eigenvalue weighted by atomic mass is 10.2. The molecule has 0 aromatic heterocycles. The highest BCUT2D eigenvalue weighted by molar-refractivity contribution is 9.08. The zero-order chi connectivity index (χ0) is 14.1. The van der Waals surface area contributed by atoms with E-state index in [2.05, 4.69) is 49.8 Å². The number of alkyl halides is 1. The summed E-state index contributed by atoms with van der Waals surface area (Å²) in [6.07, 6.45) is 0. The first-order chi connectivity index (χ1) is 8.10. The first-order valence-electron chi connectivity index (χ1n) is 5.82. The van der Waals surface area contributed by atoms with Crippen molar-refractivity contribution in [2.75, 3.05) is 0 Å². The van der Waals surface area contributed by atoms with Crippen LogP contribution in [-0.4, -0.2) is 8.32 Å². The topological polar surface area (TPSA) is 9.23 Å². The number of rotatable bonds is 3. The average molecular weight is 354 g/mol. The van der Waals surface area contributed by atoms with Crippen LogP contribution in [0, 0.1) is 5.82 Å². The fourth-order valence-corrected chi connectivity index (χ4v) is 3.14. The Morgan fingerprint density at radius 2 is 1.89 bits per heavy atom. The second-order valence-corrected chi connectivity index (χ2v) is 11.5. The zero-order valence-corrected chi connectivity index (χ0v) is 14.7. The van der Waals surface area contributed by atoms with Crippen LogP contribution in [0.2, 0.25) is 23.2 Å². The van der Waals surface area contributed by atoms with Crippen LogP contribution >= 0.6 is 27.5 Å². The highest BCUT2D eigenvalue weighted by Crippen LogP contribution is 2.39. The van der Waals surface area contributed by atoms with Gasteiger partial charge in [-0.1, -0.05) is 48.3 Å². The van der Waals surface area contributed by atoms with Gasteiger partial charge in [0.15, 0.2) is 5.82 Å². The van der Waals surface area contributed by atoms with Crippen LogP contribution < -0.4 is 4.43 Å². The van der Waals surface area contributed by atoms with E-state index in [4.69, 9.17) is 16.0 Å². The molecule has 102 valence electrons. The predicted molar refractivity (Wildman–Crippen MR) is 81.9 cm³/mol. The Morgan fingerprint density at radius 1 is 1.33 bits per heavy atom. The van der Waals surface area contributed by atoms with Gasteiger partial charge in [-0.3, -0.25) is 0 Å². The summed E-state index contributed by atoms with van der Waals surface area (Å²) in [4.78, 5) is 0. The molecule has 0 aliphatic heterocycles. The molecule has 0 fully saturated rings. The molecule has 0 aliphatic rings. The summed E-state index contributed by atoms with van der Waals surface area (Å²) in [6, 6.07) is 3.30. The summed E-state index contributed by atoms with van der Waals surface area (Å²) >= 11 is 9.19.